The largest absolute Gasteiger partial charge is 0.488 e. The quantitative estimate of drug-likeness (QED) is 0.498. The van der Waals surface area contributed by atoms with Crippen LogP contribution in [0.4, 0.5) is 0 Å². The first-order chi connectivity index (χ1) is 15.3. The Bertz CT molecular complexity index is 1200. The predicted octanol–water partition coefficient (Wildman–Crippen LogP) is 3.30. The zero-order valence-corrected chi connectivity index (χ0v) is 18.3. The van der Waals surface area contributed by atoms with Crippen LogP contribution in [-0.4, -0.2) is 26.9 Å². The molecule has 0 aromatic heterocycles. The molecule has 32 heavy (non-hydrogen) atoms. The number of ether oxygens (including phenoxy) is 2. The molecule has 8 heteroatoms. The predicted molar refractivity (Wildman–Crippen MR) is 118 cm³/mol. The number of sulfone groups is 1. The number of amides is 1. The van der Waals surface area contributed by atoms with Crippen LogP contribution in [0, 0.1) is 0 Å². The lowest BCUT2D eigenvalue weighted by Gasteiger charge is -2.12. The van der Waals surface area contributed by atoms with Crippen LogP contribution in [0.25, 0.3) is 0 Å². The Kier molecular flexibility index (Phi) is 7.27. The topological polar surface area (TPSA) is 113 Å². The van der Waals surface area contributed by atoms with Crippen molar-refractivity contribution in [1.82, 2.24) is 0 Å². The van der Waals surface area contributed by atoms with E-state index in [-0.39, 0.29) is 46.7 Å². The van der Waals surface area contributed by atoms with E-state index in [4.69, 9.17) is 15.2 Å². The van der Waals surface area contributed by atoms with Crippen molar-refractivity contribution >= 4 is 21.7 Å². The SMILES string of the molecule is CCOC(=O)Cc1ccc(S(=O)(=O)c2ccc(OCc3ccccc3)c(C(N)=O)c2)cc1. The van der Waals surface area contributed by atoms with E-state index >= 15 is 0 Å². The average Bonchev–Trinajstić information content (AvgIpc) is 2.78. The van der Waals surface area contributed by atoms with Crippen molar-refractivity contribution in [2.24, 2.45) is 5.73 Å². The summed E-state index contributed by atoms with van der Waals surface area (Å²) in [6.45, 7) is 2.19. The fourth-order valence-electron chi connectivity index (χ4n) is 3.03. The van der Waals surface area contributed by atoms with Crippen molar-refractivity contribution in [2.75, 3.05) is 6.61 Å². The van der Waals surface area contributed by atoms with E-state index in [1.165, 1.54) is 30.3 Å². The van der Waals surface area contributed by atoms with Gasteiger partial charge >= 0.3 is 5.97 Å². The van der Waals surface area contributed by atoms with Crippen LogP contribution in [0.1, 0.15) is 28.4 Å². The summed E-state index contributed by atoms with van der Waals surface area (Å²) in [6.07, 6.45) is 0.0490. The lowest BCUT2D eigenvalue weighted by molar-refractivity contribution is -0.142. The highest BCUT2D eigenvalue weighted by Gasteiger charge is 2.21. The molecule has 0 radical (unpaired) electrons. The van der Waals surface area contributed by atoms with E-state index in [9.17, 15) is 18.0 Å². The van der Waals surface area contributed by atoms with Gasteiger partial charge in [-0.3, -0.25) is 9.59 Å². The van der Waals surface area contributed by atoms with E-state index in [0.717, 1.165) is 5.56 Å². The first-order valence-electron chi connectivity index (χ1n) is 9.91. The van der Waals surface area contributed by atoms with Gasteiger partial charge in [-0.25, -0.2) is 8.42 Å². The van der Waals surface area contributed by atoms with Crippen LogP contribution in [0.5, 0.6) is 5.75 Å². The van der Waals surface area contributed by atoms with Crippen molar-refractivity contribution in [3.05, 3.63) is 89.5 Å². The third-order valence-corrected chi connectivity index (χ3v) is 6.42. The number of nitrogens with two attached hydrogens (primary N) is 1. The van der Waals surface area contributed by atoms with E-state index in [2.05, 4.69) is 0 Å². The van der Waals surface area contributed by atoms with Gasteiger partial charge in [0, 0.05) is 0 Å². The molecule has 0 atom stereocenters. The van der Waals surface area contributed by atoms with Crippen LogP contribution in [0.3, 0.4) is 0 Å². The summed E-state index contributed by atoms with van der Waals surface area (Å²) in [4.78, 5) is 23.5. The van der Waals surface area contributed by atoms with Crippen LogP contribution in [-0.2, 0) is 32.4 Å². The molecule has 0 saturated heterocycles. The maximum Gasteiger partial charge on any atom is 0.310 e. The van der Waals surface area contributed by atoms with Gasteiger partial charge in [-0.15, -0.1) is 0 Å². The maximum atomic E-state index is 13.1. The highest BCUT2D eigenvalue weighted by molar-refractivity contribution is 7.91. The summed E-state index contributed by atoms with van der Waals surface area (Å²) >= 11 is 0. The number of hydrogen-bond acceptors (Lipinski definition) is 6. The third-order valence-electron chi connectivity index (χ3n) is 4.65. The number of esters is 1. The van der Waals surface area contributed by atoms with Crippen molar-refractivity contribution in [3.8, 4) is 5.75 Å². The smallest absolute Gasteiger partial charge is 0.310 e. The highest BCUT2D eigenvalue weighted by atomic mass is 32.2. The zero-order chi connectivity index (χ0) is 23.1. The summed E-state index contributed by atoms with van der Waals surface area (Å²) in [6, 6.07) is 19.3. The number of primary amides is 1. The molecular formula is C24H23NO6S. The summed E-state index contributed by atoms with van der Waals surface area (Å²) in [5.41, 5.74) is 6.96. The molecular weight excluding hydrogens is 430 g/mol. The van der Waals surface area contributed by atoms with Crippen molar-refractivity contribution in [2.45, 2.75) is 29.7 Å². The maximum absolute atomic E-state index is 13.1. The minimum atomic E-state index is -3.91. The Labute approximate surface area is 186 Å². The molecule has 0 spiro atoms. The van der Waals surface area contributed by atoms with Crippen molar-refractivity contribution < 1.29 is 27.5 Å². The Morgan fingerprint density at radius 2 is 1.53 bits per heavy atom. The van der Waals surface area contributed by atoms with Gasteiger partial charge in [0.2, 0.25) is 9.84 Å². The van der Waals surface area contributed by atoms with E-state index in [0.29, 0.717) is 5.56 Å². The molecule has 1 amide bonds. The first-order valence-corrected chi connectivity index (χ1v) is 11.4. The molecule has 3 aromatic rings. The number of hydrogen-bond donors (Lipinski definition) is 1. The van der Waals surface area contributed by atoms with Crippen LogP contribution < -0.4 is 10.5 Å². The average molecular weight is 454 g/mol. The second-order valence-corrected chi connectivity index (χ2v) is 8.88. The summed E-state index contributed by atoms with van der Waals surface area (Å²) in [7, 11) is -3.91. The third kappa shape index (κ3) is 5.53. The molecule has 2 N–H and O–H groups in total. The second kappa shape index (κ2) is 10.1. The molecule has 0 aliphatic carbocycles. The number of benzene rings is 3. The number of carbonyl (C=O) groups excluding carboxylic acids is 2. The van der Waals surface area contributed by atoms with Gasteiger partial charge in [0.15, 0.2) is 0 Å². The number of carbonyl (C=O) groups is 2. The van der Waals surface area contributed by atoms with Gasteiger partial charge in [-0.1, -0.05) is 42.5 Å². The van der Waals surface area contributed by atoms with Crippen LogP contribution >= 0.6 is 0 Å². The highest BCUT2D eigenvalue weighted by Crippen LogP contribution is 2.27. The summed E-state index contributed by atoms with van der Waals surface area (Å²) in [5, 5.41) is 0. The van der Waals surface area contributed by atoms with Gasteiger partial charge in [-0.05, 0) is 48.4 Å². The van der Waals surface area contributed by atoms with Crippen molar-refractivity contribution in [3.63, 3.8) is 0 Å². The minimum Gasteiger partial charge on any atom is -0.488 e. The van der Waals surface area contributed by atoms with Crippen LogP contribution in [0.2, 0.25) is 0 Å². The molecule has 0 bridgehead atoms. The minimum absolute atomic E-state index is 0.0264. The Morgan fingerprint density at radius 3 is 2.16 bits per heavy atom. The Hall–Kier alpha value is -3.65. The molecule has 0 heterocycles. The normalized spacial score (nSPS) is 11.0. The Balaban J connectivity index is 1.83. The molecule has 0 aliphatic rings. The fraction of sp³-hybridized carbons (Fsp3) is 0.167. The molecule has 166 valence electrons. The molecule has 0 aliphatic heterocycles. The fourth-order valence-corrected chi connectivity index (χ4v) is 4.32. The van der Waals surface area contributed by atoms with Gasteiger partial charge in [0.05, 0.1) is 28.4 Å². The van der Waals surface area contributed by atoms with E-state index in [1.54, 1.807) is 19.1 Å². The lowest BCUT2D eigenvalue weighted by Crippen LogP contribution is -2.14. The lowest BCUT2D eigenvalue weighted by atomic mass is 10.1. The summed E-state index contributed by atoms with van der Waals surface area (Å²) < 4.78 is 36.7. The first kappa shape index (κ1) is 23.0. The molecule has 3 aromatic carbocycles. The molecule has 0 unspecified atom stereocenters. The Morgan fingerprint density at radius 1 is 0.875 bits per heavy atom. The van der Waals surface area contributed by atoms with Crippen molar-refractivity contribution in [1.29, 1.82) is 0 Å². The molecule has 7 nitrogen and oxygen atoms in total. The second-order valence-electron chi connectivity index (χ2n) is 6.93. The van der Waals surface area contributed by atoms with Gasteiger partial charge in [0.25, 0.3) is 5.91 Å². The molecule has 3 rings (SSSR count). The van der Waals surface area contributed by atoms with Crippen LogP contribution in [0.15, 0.2) is 82.6 Å². The van der Waals surface area contributed by atoms with E-state index < -0.39 is 15.7 Å². The van der Waals surface area contributed by atoms with Gasteiger partial charge in [0.1, 0.15) is 12.4 Å². The summed E-state index contributed by atoms with van der Waals surface area (Å²) in [5.74, 6) is -0.986. The molecule has 0 fully saturated rings. The standard InChI is InChI=1S/C24H23NO6S/c1-2-30-23(26)14-17-8-10-19(11-9-17)32(28,29)20-12-13-22(21(15-20)24(25)27)31-16-18-6-4-3-5-7-18/h3-13,15H,2,14,16H2,1H3,(H2,25,27). The van der Waals surface area contributed by atoms with Gasteiger partial charge < -0.3 is 15.2 Å². The molecule has 0 saturated carbocycles. The zero-order valence-electron chi connectivity index (χ0n) is 17.5. The monoisotopic (exact) mass is 453 g/mol. The van der Waals surface area contributed by atoms with E-state index in [1.807, 2.05) is 30.3 Å². The number of rotatable bonds is 9. The van der Waals surface area contributed by atoms with Gasteiger partial charge in [-0.2, -0.15) is 0 Å².